The summed E-state index contributed by atoms with van der Waals surface area (Å²) in [4.78, 5) is 11.0. The van der Waals surface area contributed by atoms with Crippen molar-refractivity contribution in [3.05, 3.63) is 64.2 Å². The third-order valence-corrected chi connectivity index (χ3v) is 4.62. The van der Waals surface area contributed by atoms with Gasteiger partial charge in [-0.2, -0.15) is 26.3 Å². The lowest BCUT2D eigenvalue weighted by molar-refractivity contribution is -0.260. The molecule has 2 aromatic rings. The number of aliphatic hydroxyl groups is 1. The van der Waals surface area contributed by atoms with E-state index < -0.39 is 35.6 Å². The summed E-state index contributed by atoms with van der Waals surface area (Å²) in [7, 11) is 0. The molecule has 3 N–H and O–H groups in total. The standard InChI is InChI=1S/C19H17ClF6N2O2/c1-11(29)27-9-12-5-6-15(8-16(12)20)28-10-17(30,19(24,25)26)13-3-2-4-14(7-13)18(21,22)23/h2-8,28,30H,9-10H2,1H3,(H,27,29)/t17-/m1/s1. The Labute approximate surface area is 172 Å². The highest BCUT2D eigenvalue weighted by molar-refractivity contribution is 6.31. The number of hydrogen-bond donors (Lipinski definition) is 3. The quantitative estimate of drug-likeness (QED) is 0.546. The summed E-state index contributed by atoms with van der Waals surface area (Å²) in [5.41, 5.74) is -5.25. The zero-order chi connectivity index (χ0) is 22.7. The number of benzene rings is 2. The highest BCUT2D eigenvalue weighted by Gasteiger charge is 2.55. The van der Waals surface area contributed by atoms with Crippen LogP contribution in [0.15, 0.2) is 42.5 Å². The largest absolute Gasteiger partial charge is 0.423 e. The molecular weight excluding hydrogens is 438 g/mol. The summed E-state index contributed by atoms with van der Waals surface area (Å²) in [6.45, 7) is 0.250. The van der Waals surface area contributed by atoms with Crippen LogP contribution in [0.25, 0.3) is 0 Å². The first-order chi connectivity index (χ1) is 13.7. The highest BCUT2D eigenvalue weighted by atomic mass is 35.5. The van der Waals surface area contributed by atoms with Crippen molar-refractivity contribution in [2.75, 3.05) is 11.9 Å². The van der Waals surface area contributed by atoms with Gasteiger partial charge in [-0.3, -0.25) is 4.79 Å². The van der Waals surface area contributed by atoms with Crippen LogP contribution < -0.4 is 10.6 Å². The second kappa shape index (κ2) is 8.73. The van der Waals surface area contributed by atoms with E-state index in [1.165, 1.54) is 25.1 Å². The molecule has 0 fully saturated rings. The summed E-state index contributed by atoms with van der Waals surface area (Å²) in [6, 6.07) is 6.54. The van der Waals surface area contributed by atoms with Crippen LogP contribution >= 0.6 is 11.6 Å². The van der Waals surface area contributed by atoms with Crippen LogP contribution in [0, 0.1) is 0 Å². The number of halogens is 7. The highest BCUT2D eigenvalue weighted by Crippen LogP contribution is 2.41. The fourth-order valence-corrected chi connectivity index (χ4v) is 2.82. The fraction of sp³-hybridized carbons (Fsp3) is 0.316. The smallest absolute Gasteiger partial charge is 0.381 e. The number of carbonyl (C=O) groups is 1. The summed E-state index contributed by atoms with van der Waals surface area (Å²) in [5.74, 6) is -0.301. The van der Waals surface area contributed by atoms with Gasteiger partial charge in [0.1, 0.15) is 0 Å². The van der Waals surface area contributed by atoms with Gasteiger partial charge in [0.15, 0.2) is 0 Å². The van der Waals surface area contributed by atoms with E-state index in [1.54, 1.807) is 0 Å². The number of rotatable bonds is 6. The number of anilines is 1. The molecule has 1 amide bonds. The lowest BCUT2D eigenvalue weighted by atomic mass is 9.91. The molecule has 0 heterocycles. The molecule has 0 aliphatic carbocycles. The molecule has 2 rings (SSSR count). The van der Waals surface area contributed by atoms with Crippen molar-refractivity contribution in [1.29, 1.82) is 0 Å². The third-order valence-electron chi connectivity index (χ3n) is 4.27. The van der Waals surface area contributed by atoms with E-state index >= 15 is 0 Å². The Balaban J connectivity index is 2.28. The van der Waals surface area contributed by atoms with Gasteiger partial charge in [0.05, 0.1) is 12.1 Å². The van der Waals surface area contributed by atoms with Crippen molar-refractivity contribution >= 4 is 23.2 Å². The predicted molar refractivity (Wildman–Crippen MR) is 98.9 cm³/mol. The van der Waals surface area contributed by atoms with Crippen molar-refractivity contribution in [2.24, 2.45) is 0 Å². The molecule has 0 aliphatic heterocycles. The van der Waals surface area contributed by atoms with Crippen molar-refractivity contribution in [1.82, 2.24) is 5.32 Å². The van der Waals surface area contributed by atoms with E-state index in [2.05, 4.69) is 10.6 Å². The van der Waals surface area contributed by atoms with Crippen molar-refractivity contribution < 1.29 is 36.2 Å². The summed E-state index contributed by atoms with van der Waals surface area (Å²) in [6.07, 6.45) is -10.1. The van der Waals surface area contributed by atoms with Crippen LogP contribution in [0.2, 0.25) is 5.02 Å². The maximum Gasteiger partial charge on any atom is 0.423 e. The number of alkyl halides is 6. The Morgan fingerprint density at radius 1 is 1.03 bits per heavy atom. The van der Waals surface area contributed by atoms with Crippen LogP contribution in [0.4, 0.5) is 32.0 Å². The van der Waals surface area contributed by atoms with Crippen LogP contribution in [-0.4, -0.2) is 23.7 Å². The van der Waals surface area contributed by atoms with E-state index in [1.807, 2.05) is 0 Å². The second-order valence-electron chi connectivity index (χ2n) is 6.51. The topological polar surface area (TPSA) is 61.4 Å². The van der Waals surface area contributed by atoms with Gasteiger partial charge >= 0.3 is 12.4 Å². The molecule has 30 heavy (non-hydrogen) atoms. The summed E-state index contributed by atoms with van der Waals surface area (Å²) in [5, 5.41) is 15.3. The molecule has 2 aromatic carbocycles. The average Bonchev–Trinajstić information content (AvgIpc) is 2.63. The monoisotopic (exact) mass is 454 g/mol. The molecule has 0 saturated heterocycles. The minimum absolute atomic E-state index is 0.0984. The normalized spacial score (nSPS) is 14.2. The molecule has 0 spiro atoms. The Kier molecular flexibility index (Phi) is 6.93. The Hall–Kier alpha value is -2.46. The Bertz CT molecular complexity index is 917. The van der Waals surface area contributed by atoms with Crippen LogP contribution in [0.3, 0.4) is 0 Å². The molecule has 4 nitrogen and oxygen atoms in total. The fourth-order valence-electron chi connectivity index (χ4n) is 2.57. The van der Waals surface area contributed by atoms with Crippen LogP contribution in [0.5, 0.6) is 0 Å². The molecule has 0 radical (unpaired) electrons. The maximum absolute atomic E-state index is 13.6. The SMILES string of the molecule is CC(=O)NCc1ccc(NC[C@@](O)(c2cccc(C(F)(F)F)c2)C(F)(F)F)cc1Cl. The van der Waals surface area contributed by atoms with Crippen LogP contribution in [-0.2, 0) is 23.1 Å². The van der Waals surface area contributed by atoms with E-state index in [4.69, 9.17) is 11.6 Å². The molecule has 0 saturated carbocycles. The van der Waals surface area contributed by atoms with Gasteiger partial charge in [0, 0.05) is 24.2 Å². The lowest BCUT2D eigenvalue weighted by Crippen LogP contribution is -2.48. The average molecular weight is 455 g/mol. The Morgan fingerprint density at radius 2 is 1.67 bits per heavy atom. The van der Waals surface area contributed by atoms with E-state index in [0.29, 0.717) is 11.6 Å². The van der Waals surface area contributed by atoms with E-state index in [-0.39, 0.29) is 29.2 Å². The summed E-state index contributed by atoms with van der Waals surface area (Å²) >= 11 is 6.04. The molecule has 11 heteroatoms. The predicted octanol–water partition coefficient (Wildman–Crippen LogP) is 4.86. The number of hydrogen-bond acceptors (Lipinski definition) is 3. The van der Waals surface area contributed by atoms with Gasteiger partial charge in [-0.05, 0) is 35.4 Å². The van der Waals surface area contributed by atoms with Gasteiger partial charge in [-0.25, -0.2) is 0 Å². The van der Waals surface area contributed by atoms with Gasteiger partial charge in [0.2, 0.25) is 11.5 Å². The first-order valence-electron chi connectivity index (χ1n) is 8.47. The minimum atomic E-state index is -5.26. The van der Waals surface area contributed by atoms with E-state index in [9.17, 15) is 36.2 Å². The summed E-state index contributed by atoms with van der Waals surface area (Å²) < 4.78 is 79.4. The first-order valence-corrected chi connectivity index (χ1v) is 8.85. The molecule has 0 unspecified atom stereocenters. The third kappa shape index (κ3) is 5.57. The number of amides is 1. The molecule has 0 bridgehead atoms. The van der Waals surface area contributed by atoms with Gasteiger partial charge in [-0.1, -0.05) is 29.8 Å². The van der Waals surface area contributed by atoms with Gasteiger partial charge in [-0.15, -0.1) is 0 Å². The second-order valence-corrected chi connectivity index (χ2v) is 6.91. The van der Waals surface area contributed by atoms with Crippen molar-refractivity contribution in [3.8, 4) is 0 Å². The first kappa shape index (κ1) is 23.8. The van der Waals surface area contributed by atoms with Gasteiger partial charge < -0.3 is 15.7 Å². The maximum atomic E-state index is 13.6. The molecule has 164 valence electrons. The zero-order valence-corrected chi connectivity index (χ0v) is 16.2. The van der Waals surface area contributed by atoms with Crippen LogP contribution in [0.1, 0.15) is 23.6 Å². The molecule has 0 aromatic heterocycles. The lowest BCUT2D eigenvalue weighted by Gasteiger charge is -2.32. The minimum Gasteiger partial charge on any atom is -0.381 e. The van der Waals surface area contributed by atoms with Crippen molar-refractivity contribution in [2.45, 2.75) is 31.4 Å². The Morgan fingerprint density at radius 3 is 2.20 bits per heavy atom. The zero-order valence-electron chi connectivity index (χ0n) is 15.5. The van der Waals surface area contributed by atoms with Gasteiger partial charge in [0.25, 0.3) is 0 Å². The number of carbonyl (C=O) groups excluding carboxylic acids is 1. The van der Waals surface area contributed by atoms with Crippen molar-refractivity contribution in [3.63, 3.8) is 0 Å². The molecular formula is C19H17ClF6N2O2. The molecule has 0 aliphatic rings. The van der Waals surface area contributed by atoms with E-state index in [0.717, 1.165) is 12.1 Å². The number of nitrogens with one attached hydrogen (secondary N) is 2. The molecule has 1 atom stereocenters.